The van der Waals surface area contributed by atoms with Crippen molar-refractivity contribution in [2.75, 3.05) is 6.66 Å². The highest BCUT2D eigenvalue weighted by Gasteiger charge is 2.01. The van der Waals surface area contributed by atoms with Crippen LogP contribution in [0.15, 0.2) is 24.3 Å². The van der Waals surface area contributed by atoms with Crippen LogP contribution in [0.2, 0.25) is 0 Å². The van der Waals surface area contributed by atoms with Crippen molar-refractivity contribution in [2.24, 2.45) is 0 Å². The van der Waals surface area contributed by atoms with E-state index in [-0.39, 0.29) is 7.55 Å². The Morgan fingerprint density at radius 1 is 1.36 bits per heavy atom. The van der Waals surface area contributed by atoms with Gasteiger partial charge in [-0.05, 0) is 24.3 Å². The van der Waals surface area contributed by atoms with Gasteiger partial charge in [0.25, 0.3) is 0 Å². The Morgan fingerprint density at radius 3 is 2.27 bits per heavy atom. The second-order valence-corrected chi connectivity index (χ2v) is 4.30. The third kappa shape index (κ3) is 1.93. The van der Waals surface area contributed by atoms with Crippen LogP contribution in [0.1, 0.15) is 5.56 Å². The van der Waals surface area contributed by atoms with Crippen LogP contribution in [-0.2, 0) is 0 Å². The molecule has 0 radical (unpaired) electrons. The molecule has 0 aromatic heterocycles. The lowest BCUT2D eigenvalue weighted by molar-refractivity contribution is 1.69. The minimum Gasteiger partial charge on any atom is -0.115 e. The van der Waals surface area contributed by atoms with Gasteiger partial charge in [-0.25, -0.2) is 0 Å². The molecule has 1 atom stereocenters. The molecule has 0 saturated heterocycles. The van der Waals surface area contributed by atoms with E-state index >= 15 is 0 Å². The standard InChI is InChI=1S/C10H10P/c1-4-9-5-7-10(8-6-9)11(2)3/h1,5-8H,2H2,3H3/q+1. The highest BCUT2D eigenvalue weighted by molar-refractivity contribution is 7.62. The van der Waals surface area contributed by atoms with E-state index < -0.39 is 0 Å². The van der Waals surface area contributed by atoms with Crippen LogP contribution < -0.4 is 5.30 Å². The normalized spacial score (nSPS) is 10.4. The highest BCUT2D eigenvalue weighted by atomic mass is 31.1. The van der Waals surface area contributed by atoms with Gasteiger partial charge in [0.2, 0.25) is 0 Å². The topological polar surface area (TPSA) is 0 Å². The van der Waals surface area contributed by atoms with Gasteiger partial charge in [0, 0.05) is 5.56 Å². The number of terminal acetylenes is 1. The van der Waals surface area contributed by atoms with Crippen LogP contribution in [0.5, 0.6) is 0 Å². The maximum atomic E-state index is 5.22. The molecule has 0 spiro atoms. The van der Waals surface area contributed by atoms with Crippen LogP contribution in [0.3, 0.4) is 0 Å². The van der Waals surface area contributed by atoms with Crippen molar-refractivity contribution in [1.29, 1.82) is 0 Å². The smallest absolute Gasteiger partial charge is 0.115 e. The zero-order chi connectivity index (χ0) is 8.27. The summed E-state index contributed by atoms with van der Waals surface area (Å²) in [6, 6.07) is 8.01. The SMILES string of the molecule is C#Cc1ccc([P+](=C)C)cc1. The van der Waals surface area contributed by atoms with Gasteiger partial charge in [-0.1, -0.05) is 5.92 Å². The molecule has 1 aromatic rings. The molecule has 0 nitrogen and oxygen atoms in total. The van der Waals surface area contributed by atoms with Gasteiger partial charge in [0.05, 0.1) is 6.30 Å². The minimum atomic E-state index is -0.232. The molecule has 1 aromatic carbocycles. The predicted molar refractivity (Wildman–Crippen MR) is 54.0 cm³/mol. The Bertz CT molecular complexity index is 301. The van der Waals surface area contributed by atoms with Gasteiger partial charge in [-0.15, -0.1) is 6.42 Å². The van der Waals surface area contributed by atoms with E-state index in [1.807, 2.05) is 24.3 Å². The summed E-state index contributed by atoms with van der Waals surface area (Å²) in [7, 11) is -0.232. The molecule has 1 rings (SSSR count). The molecule has 0 aliphatic rings. The van der Waals surface area contributed by atoms with Crippen molar-refractivity contribution >= 4 is 19.1 Å². The first-order valence-corrected chi connectivity index (χ1v) is 5.32. The first-order valence-electron chi connectivity index (χ1n) is 3.35. The van der Waals surface area contributed by atoms with Gasteiger partial charge in [0.1, 0.15) is 19.5 Å². The third-order valence-corrected chi connectivity index (χ3v) is 2.65. The Kier molecular flexibility index (Phi) is 2.47. The van der Waals surface area contributed by atoms with Crippen molar-refractivity contribution in [2.45, 2.75) is 0 Å². The summed E-state index contributed by atoms with van der Waals surface area (Å²) in [5.74, 6) is 2.58. The molecule has 0 aliphatic carbocycles. The van der Waals surface area contributed by atoms with Gasteiger partial charge >= 0.3 is 0 Å². The second kappa shape index (κ2) is 3.37. The lowest BCUT2D eigenvalue weighted by Crippen LogP contribution is -1.93. The summed E-state index contributed by atoms with van der Waals surface area (Å²) in [5, 5.41) is 1.29. The van der Waals surface area contributed by atoms with Crippen molar-refractivity contribution in [1.82, 2.24) is 0 Å². The van der Waals surface area contributed by atoms with E-state index in [0.29, 0.717) is 0 Å². The Morgan fingerprint density at radius 2 is 1.91 bits per heavy atom. The summed E-state index contributed by atoms with van der Waals surface area (Å²) in [4.78, 5) is 0. The molecule has 1 heteroatoms. The van der Waals surface area contributed by atoms with Gasteiger partial charge in [-0.2, -0.15) is 0 Å². The lowest BCUT2D eigenvalue weighted by atomic mass is 10.2. The summed E-state index contributed by atoms with van der Waals surface area (Å²) >= 11 is 0. The number of rotatable bonds is 1. The summed E-state index contributed by atoms with van der Waals surface area (Å²) in [5.41, 5.74) is 0.936. The average Bonchev–Trinajstić information content (AvgIpc) is 2.05. The van der Waals surface area contributed by atoms with Crippen molar-refractivity contribution in [3.8, 4) is 12.3 Å². The molecule has 0 bridgehead atoms. The fourth-order valence-corrected chi connectivity index (χ4v) is 1.47. The molecule has 0 N–H and O–H groups in total. The highest BCUT2D eigenvalue weighted by Crippen LogP contribution is 2.12. The summed E-state index contributed by atoms with van der Waals surface area (Å²) in [6.45, 7) is 2.13. The van der Waals surface area contributed by atoms with Gasteiger partial charge in [-0.3, -0.25) is 0 Å². The zero-order valence-electron chi connectivity index (χ0n) is 6.54. The monoisotopic (exact) mass is 161 g/mol. The van der Waals surface area contributed by atoms with Crippen LogP contribution in [-0.4, -0.2) is 13.0 Å². The van der Waals surface area contributed by atoms with E-state index in [0.717, 1.165) is 5.56 Å². The molecule has 0 heterocycles. The number of hydrogen-bond acceptors (Lipinski definition) is 0. The van der Waals surface area contributed by atoms with Crippen LogP contribution >= 0.6 is 7.55 Å². The molecular weight excluding hydrogens is 151 g/mol. The molecule has 0 amide bonds. The molecule has 11 heavy (non-hydrogen) atoms. The molecule has 0 saturated carbocycles. The minimum absolute atomic E-state index is 0.232. The Balaban J connectivity index is 3.03. The number of benzene rings is 1. The molecule has 0 aliphatic heterocycles. The first kappa shape index (κ1) is 8.05. The lowest BCUT2D eigenvalue weighted by Gasteiger charge is -1.89. The van der Waals surface area contributed by atoms with Crippen molar-refractivity contribution in [3.63, 3.8) is 0 Å². The molecular formula is C10H10P+. The van der Waals surface area contributed by atoms with E-state index in [1.165, 1.54) is 5.30 Å². The van der Waals surface area contributed by atoms with Crippen LogP contribution in [0.25, 0.3) is 0 Å². The van der Waals surface area contributed by atoms with Crippen LogP contribution in [0.4, 0.5) is 0 Å². The Hall–Kier alpha value is -1.05. The molecule has 0 fully saturated rings. The fourth-order valence-electron chi connectivity index (χ4n) is 0.812. The number of hydrogen-bond donors (Lipinski definition) is 0. The molecule has 1 unspecified atom stereocenters. The first-order chi connectivity index (χ1) is 5.24. The second-order valence-electron chi connectivity index (χ2n) is 2.39. The van der Waals surface area contributed by atoms with Crippen molar-refractivity contribution < 1.29 is 0 Å². The maximum Gasteiger partial charge on any atom is 0.147 e. The largest absolute Gasteiger partial charge is 0.147 e. The fraction of sp³-hybridized carbons (Fsp3) is 0.100. The third-order valence-electron chi connectivity index (χ3n) is 1.47. The zero-order valence-corrected chi connectivity index (χ0v) is 7.44. The average molecular weight is 161 g/mol. The van der Waals surface area contributed by atoms with E-state index in [4.69, 9.17) is 6.42 Å². The van der Waals surface area contributed by atoms with E-state index in [1.54, 1.807) is 0 Å². The summed E-state index contributed by atoms with van der Waals surface area (Å²) in [6.07, 6.45) is 9.19. The van der Waals surface area contributed by atoms with Gasteiger partial charge in [0.15, 0.2) is 0 Å². The van der Waals surface area contributed by atoms with E-state index in [9.17, 15) is 0 Å². The van der Waals surface area contributed by atoms with Crippen LogP contribution in [0, 0.1) is 12.3 Å². The predicted octanol–water partition coefficient (Wildman–Crippen LogP) is 1.84. The maximum absolute atomic E-state index is 5.22. The van der Waals surface area contributed by atoms with E-state index in [2.05, 4.69) is 18.9 Å². The molecule has 54 valence electrons. The summed E-state index contributed by atoms with van der Waals surface area (Å²) < 4.78 is 0. The van der Waals surface area contributed by atoms with Crippen molar-refractivity contribution in [3.05, 3.63) is 29.8 Å². The Labute approximate surface area is 68.6 Å². The quantitative estimate of drug-likeness (QED) is 0.435. The van der Waals surface area contributed by atoms with Gasteiger partial charge < -0.3 is 0 Å².